The van der Waals surface area contributed by atoms with E-state index in [1.165, 1.54) is 12.1 Å². The van der Waals surface area contributed by atoms with E-state index in [2.05, 4.69) is 10.1 Å². The van der Waals surface area contributed by atoms with Crippen molar-refractivity contribution in [1.82, 2.24) is 0 Å². The van der Waals surface area contributed by atoms with Crippen molar-refractivity contribution in [3.05, 3.63) is 65.5 Å². The lowest BCUT2D eigenvalue weighted by Crippen LogP contribution is -2.21. The minimum atomic E-state index is -1.09. The summed E-state index contributed by atoms with van der Waals surface area (Å²) in [6.45, 7) is -0.660. The molecule has 0 unspecified atom stereocenters. The largest absolute Gasteiger partial charge is 0.452 e. The molecule has 0 aliphatic carbocycles. The molecule has 0 saturated carbocycles. The molecule has 0 saturated heterocycles. The normalized spacial score (nSPS) is 10.1. The predicted octanol–water partition coefficient (Wildman–Crippen LogP) is 2.90. The van der Waals surface area contributed by atoms with E-state index in [-0.39, 0.29) is 0 Å². The molecule has 2 rings (SSSR count). The third-order valence-corrected chi connectivity index (χ3v) is 2.61. The second-order valence-electron chi connectivity index (χ2n) is 4.26. The van der Waals surface area contributed by atoms with Gasteiger partial charge >= 0.3 is 5.97 Å². The first-order chi connectivity index (χ1) is 10.5. The third kappa shape index (κ3) is 4.08. The molecule has 0 atom stereocenters. The van der Waals surface area contributed by atoms with Crippen molar-refractivity contribution in [2.24, 2.45) is 0 Å². The van der Waals surface area contributed by atoms with Gasteiger partial charge in [-0.25, -0.2) is 18.0 Å². The van der Waals surface area contributed by atoms with Crippen molar-refractivity contribution in [2.45, 2.75) is 0 Å². The van der Waals surface area contributed by atoms with Crippen LogP contribution in [0.25, 0.3) is 0 Å². The molecule has 7 heteroatoms. The SMILES string of the molecule is O=C(COC(=O)c1ccc(F)cc1F)Nc1ccc(F)cc1. The Hall–Kier alpha value is -2.83. The van der Waals surface area contributed by atoms with Crippen LogP contribution in [0.1, 0.15) is 10.4 Å². The Kier molecular flexibility index (Phi) is 4.77. The molecular weight excluding hydrogens is 299 g/mol. The molecule has 0 bridgehead atoms. The highest BCUT2D eigenvalue weighted by Gasteiger charge is 2.15. The molecule has 0 heterocycles. The molecule has 0 aliphatic rings. The van der Waals surface area contributed by atoms with Crippen LogP contribution in [0.5, 0.6) is 0 Å². The smallest absolute Gasteiger partial charge is 0.341 e. The first-order valence-corrected chi connectivity index (χ1v) is 6.13. The topological polar surface area (TPSA) is 55.4 Å². The van der Waals surface area contributed by atoms with Crippen LogP contribution in [0.15, 0.2) is 42.5 Å². The summed E-state index contributed by atoms with van der Waals surface area (Å²) >= 11 is 0. The van der Waals surface area contributed by atoms with Gasteiger partial charge < -0.3 is 10.1 Å². The maximum atomic E-state index is 13.3. The molecule has 0 radical (unpaired) electrons. The zero-order valence-corrected chi connectivity index (χ0v) is 11.1. The van der Waals surface area contributed by atoms with E-state index < -0.39 is 41.5 Å². The Bertz CT molecular complexity index is 702. The van der Waals surface area contributed by atoms with E-state index in [1.54, 1.807) is 0 Å². The lowest BCUT2D eigenvalue weighted by atomic mass is 10.2. The van der Waals surface area contributed by atoms with Crippen LogP contribution in [0, 0.1) is 17.5 Å². The van der Waals surface area contributed by atoms with Crippen LogP contribution >= 0.6 is 0 Å². The lowest BCUT2D eigenvalue weighted by Gasteiger charge is -2.07. The van der Waals surface area contributed by atoms with Gasteiger partial charge in [0.25, 0.3) is 5.91 Å². The summed E-state index contributed by atoms with van der Waals surface area (Å²) in [5.41, 5.74) is -0.161. The van der Waals surface area contributed by atoms with Crippen LogP contribution in [-0.2, 0) is 9.53 Å². The van der Waals surface area contributed by atoms with Gasteiger partial charge in [-0.1, -0.05) is 0 Å². The summed E-state index contributed by atoms with van der Waals surface area (Å²) in [6, 6.07) is 7.31. The maximum Gasteiger partial charge on any atom is 0.341 e. The maximum absolute atomic E-state index is 13.3. The number of halogens is 3. The van der Waals surface area contributed by atoms with Crippen molar-refractivity contribution >= 4 is 17.6 Å². The zero-order valence-electron chi connectivity index (χ0n) is 11.1. The molecule has 2 aromatic rings. The first-order valence-electron chi connectivity index (χ1n) is 6.13. The number of hydrogen-bond acceptors (Lipinski definition) is 3. The van der Waals surface area contributed by atoms with E-state index in [9.17, 15) is 22.8 Å². The summed E-state index contributed by atoms with van der Waals surface area (Å²) in [5.74, 6) is -4.14. The summed E-state index contributed by atoms with van der Waals surface area (Å²) < 4.78 is 43.4. The van der Waals surface area contributed by atoms with Gasteiger partial charge in [0.1, 0.15) is 17.5 Å². The summed E-state index contributed by atoms with van der Waals surface area (Å²) in [4.78, 5) is 23.1. The van der Waals surface area contributed by atoms with Crippen LogP contribution in [0.4, 0.5) is 18.9 Å². The fraction of sp³-hybridized carbons (Fsp3) is 0.0667. The Morgan fingerprint density at radius 2 is 1.59 bits per heavy atom. The summed E-state index contributed by atoms with van der Waals surface area (Å²) in [6.07, 6.45) is 0. The Labute approximate surface area is 123 Å². The van der Waals surface area contributed by atoms with Crippen LogP contribution in [0.3, 0.4) is 0 Å². The Balaban J connectivity index is 1.90. The van der Waals surface area contributed by atoms with E-state index in [1.807, 2.05) is 0 Å². The number of rotatable bonds is 4. The molecule has 1 N–H and O–H groups in total. The van der Waals surface area contributed by atoms with Gasteiger partial charge in [0.05, 0.1) is 5.56 Å². The molecule has 0 spiro atoms. The number of esters is 1. The van der Waals surface area contributed by atoms with Gasteiger partial charge in [0.2, 0.25) is 0 Å². The van der Waals surface area contributed by atoms with E-state index in [0.29, 0.717) is 11.8 Å². The summed E-state index contributed by atoms with van der Waals surface area (Å²) in [7, 11) is 0. The molecule has 1 amide bonds. The molecule has 0 aliphatic heterocycles. The molecule has 0 fully saturated rings. The lowest BCUT2D eigenvalue weighted by molar-refractivity contribution is -0.119. The number of ether oxygens (including phenoxy) is 1. The number of carbonyl (C=O) groups is 2. The number of hydrogen-bond donors (Lipinski definition) is 1. The Morgan fingerprint density at radius 3 is 2.23 bits per heavy atom. The van der Waals surface area contributed by atoms with E-state index in [0.717, 1.165) is 24.3 Å². The van der Waals surface area contributed by atoms with Crippen LogP contribution in [-0.4, -0.2) is 18.5 Å². The van der Waals surface area contributed by atoms with Gasteiger partial charge in [-0.15, -0.1) is 0 Å². The van der Waals surface area contributed by atoms with E-state index in [4.69, 9.17) is 0 Å². The van der Waals surface area contributed by atoms with Crippen molar-refractivity contribution in [3.63, 3.8) is 0 Å². The second-order valence-corrected chi connectivity index (χ2v) is 4.26. The van der Waals surface area contributed by atoms with E-state index >= 15 is 0 Å². The highest BCUT2D eigenvalue weighted by molar-refractivity contribution is 5.95. The van der Waals surface area contributed by atoms with Gasteiger partial charge in [-0.05, 0) is 36.4 Å². The molecule has 2 aromatic carbocycles. The van der Waals surface area contributed by atoms with Crippen molar-refractivity contribution in [2.75, 3.05) is 11.9 Å². The number of nitrogens with one attached hydrogen (secondary N) is 1. The van der Waals surface area contributed by atoms with Gasteiger partial charge in [0.15, 0.2) is 6.61 Å². The number of benzene rings is 2. The number of amides is 1. The molecule has 0 aromatic heterocycles. The minimum absolute atomic E-state index is 0.315. The molecular formula is C15H10F3NO3. The number of anilines is 1. The number of carbonyl (C=O) groups excluding carboxylic acids is 2. The minimum Gasteiger partial charge on any atom is -0.452 e. The third-order valence-electron chi connectivity index (χ3n) is 2.61. The van der Waals surface area contributed by atoms with Gasteiger partial charge in [-0.3, -0.25) is 4.79 Å². The molecule has 4 nitrogen and oxygen atoms in total. The summed E-state index contributed by atoms with van der Waals surface area (Å²) in [5, 5.41) is 2.36. The van der Waals surface area contributed by atoms with Crippen LogP contribution in [0.2, 0.25) is 0 Å². The highest BCUT2D eigenvalue weighted by atomic mass is 19.1. The van der Waals surface area contributed by atoms with Gasteiger partial charge in [-0.2, -0.15) is 0 Å². The van der Waals surface area contributed by atoms with Crippen molar-refractivity contribution in [3.8, 4) is 0 Å². The first kappa shape index (κ1) is 15.6. The molecule has 114 valence electrons. The standard InChI is InChI=1S/C15H10F3NO3/c16-9-1-4-11(5-2-9)19-14(20)8-22-15(21)12-6-3-10(17)7-13(12)18/h1-7H,8H2,(H,19,20). The van der Waals surface area contributed by atoms with Crippen LogP contribution < -0.4 is 5.32 Å². The highest BCUT2D eigenvalue weighted by Crippen LogP contribution is 2.11. The van der Waals surface area contributed by atoms with Crippen molar-refractivity contribution in [1.29, 1.82) is 0 Å². The fourth-order valence-corrected chi connectivity index (χ4v) is 1.59. The van der Waals surface area contributed by atoms with Gasteiger partial charge in [0, 0.05) is 11.8 Å². The Morgan fingerprint density at radius 1 is 0.955 bits per heavy atom. The average Bonchev–Trinajstić information content (AvgIpc) is 2.47. The van der Waals surface area contributed by atoms with Crippen molar-refractivity contribution < 1.29 is 27.5 Å². The molecule has 22 heavy (non-hydrogen) atoms. The zero-order chi connectivity index (χ0) is 16.1. The predicted molar refractivity (Wildman–Crippen MR) is 71.7 cm³/mol. The monoisotopic (exact) mass is 309 g/mol. The second kappa shape index (κ2) is 6.75. The average molecular weight is 309 g/mol. The quantitative estimate of drug-likeness (QED) is 0.884. The fourth-order valence-electron chi connectivity index (χ4n) is 1.59.